The average Bonchev–Trinajstić information content (AvgIpc) is 2.80. The lowest BCUT2D eigenvalue weighted by atomic mass is 10.2. The maximum atomic E-state index is 5.14. The Morgan fingerprint density at radius 3 is 2.75 bits per heavy atom. The second-order valence-corrected chi connectivity index (χ2v) is 4.68. The molecule has 0 amide bonds. The van der Waals surface area contributed by atoms with Gasteiger partial charge < -0.3 is 4.74 Å². The van der Waals surface area contributed by atoms with Crippen LogP contribution in [0, 0.1) is 0 Å². The molecular formula is C13H15NOS. The minimum absolute atomic E-state index is 0.368. The van der Waals surface area contributed by atoms with Gasteiger partial charge in [0.1, 0.15) is 0 Å². The highest BCUT2D eigenvalue weighted by molar-refractivity contribution is 7.10. The molecule has 1 aromatic carbocycles. The number of hydrogen-bond acceptors (Lipinski definition) is 3. The van der Waals surface area contributed by atoms with Crippen molar-refractivity contribution >= 4 is 11.3 Å². The van der Waals surface area contributed by atoms with E-state index in [4.69, 9.17) is 4.74 Å². The molecule has 0 aliphatic heterocycles. The summed E-state index contributed by atoms with van der Waals surface area (Å²) in [6, 6.07) is 10.3. The van der Waals surface area contributed by atoms with E-state index in [0.717, 1.165) is 17.3 Å². The molecule has 0 fully saturated rings. The van der Waals surface area contributed by atoms with E-state index in [1.807, 2.05) is 18.2 Å². The molecule has 0 spiro atoms. The normalized spacial score (nSPS) is 12.6. The largest absolute Gasteiger partial charge is 0.384 e. The maximum absolute atomic E-state index is 5.14. The highest BCUT2D eigenvalue weighted by Crippen LogP contribution is 2.26. The van der Waals surface area contributed by atoms with Crippen LogP contribution in [0.5, 0.6) is 0 Å². The molecule has 0 bridgehead atoms. The molecule has 0 saturated heterocycles. The summed E-state index contributed by atoms with van der Waals surface area (Å²) in [5, 5.41) is 3.25. The van der Waals surface area contributed by atoms with Gasteiger partial charge in [0.2, 0.25) is 0 Å². The van der Waals surface area contributed by atoms with Gasteiger partial charge >= 0.3 is 0 Å². The van der Waals surface area contributed by atoms with Gasteiger partial charge in [0.05, 0.1) is 17.3 Å². The molecule has 1 aromatic heterocycles. The standard InChI is InChI=1S/C13H15NOS/c1-10(8-15-2)13-14-12(9-16-13)11-6-4-3-5-7-11/h3-7,9-10H,8H2,1-2H3/t10-/m1/s1. The zero-order chi connectivity index (χ0) is 11.4. The van der Waals surface area contributed by atoms with E-state index in [0.29, 0.717) is 5.92 Å². The van der Waals surface area contributed by atoms with Crippen molar-refractivity contribution in [1.82, 2.24) is 4.98 Å². The van der Waals surface area contributed by atoms with Crippen molar-refractivity contribution in [2.75, 3.05) is 13.7 Å². The van der Waals surface area contributed by atoms with Crippen LogP contribution < -0.4 is 0 Å². The van der Waals surface area contributed by atoms with Gasteiger partial charge in [-0.15, -0.1) is 11.3 Å². The lowest BCUT2D eigenvalue weighted by Crippen LogP contribution is -2.00. The van der Waals surface area contributed by atoms with Crippen molar-refractivity contribution in [2.45, 2.75) is 12.8 Å². The fraction of sp³-hybridized carbons (Fsp3) is 0.308. The fourth-order valence-corrected chi connectivity index (χ4v) is 2.45. The number of rotatable bonds is 4. The summed E-state index contributed by atoms with van der Waals surface area (Å²) in [5.74, 6) is 0.368. The van der Waals surface area contributed by atoms with Crippen LogP contribution in [0.2, 0.25) is 0 Å². The molecule has 16 heavy (non-hydrogen) atoms. The van der Waals surface area contributed by atoms with E-state index in [9.17, 15) is 0 Å². The second kappa shape index (κ2) is 5.23. The van der Waals surface area contributed by atoms with Gasteiger partial charge in [0, 0.05) is 24.0 Å². The third kappa shape index (κ3) is 2.49. The van der Waals surface area contributed by atoms with Gasteiger partial charge in [0.25, 0.3) is 0 Å². The molecule has 0 unspecified atom stereocenters. The summed E-state index contributed by atoms with van der Waals surface area (Å²) in [6.45, 7) is 2.86. The van der Waals surface area contributed by atoms with Crippen LogP contribution in [0.1, 0.15) is 17.8 Å². The number of nitrogens with zero attached hydrogens (tertiary/aromatic N) is 1. The maximum Gasteiger partial charge on any atom is 0.0983 e. The molecule has 2 aromatic rings. The van der Waals surface area contributed by atoms with Gasteiger partial charge in [-0.2, -0.15) is 0 Å². The van der Waals surface area contributed by atoms with Crippen LogP contribution in [0.15, 0.2) is 35.7 Å². The molecule has 0 N–H and O–H groups in total. The first-order valence-corrected chi connectivity index (χ1v) is 6.19. The van der Waals surface area contributed by atoms with E-state index in [2.05, 4.69) is 29.4 Å². The predicted octanol–water partition coefficient (Wildman–Crippen LogP) is 3.56. The van der Waals surface area contributed by atoms with Crippen molar-refractivity contribution in [3.63, 3.8) is 0 Å². The number of aromatic nitrogens is 1. The molecule has 3 heteroatoms. The van der Waals surface area contributed by atoms with E-state index < -0.39 is 0 Å². The summed E-state index contributed by atoms with van der Waals surface area (Å²) in [4.78, 5) is 4.64. The van der Waals surface area contributed by atoms with Crippen LogP contribution in [-0.4, -0.2) is 18.7 Å². The van der Waals surface area contributed by atoms with E-state index in [1.165, 1.54) is 5.56 Å². The van der Waals surface area contributed by atoms with Gasteiger partial charge in [0.15, 0.2) is 0 Å². The molecule has 2 nitrogen and oxygen atoms in total. The van der Waals surface area contributed by atoms with Crippen LogP contribution in [0.3, 0.4) is 0 Å². The molecule has 0 aliphatic carbocycles. The topological polar surface area (TPSA) is 22.1 Å². The van der Waals surface area contributed by atoms with E-state index >= 15 is 0 Å². The summed E-state index contributed by atoms with van der Waals surface area (Å²) in [5.41, 5.74) is 2.23. The highest BCUT2D eigenvalue weighted by Gasteiger charge is 2.10. The molecular weight excluding hydrogens is 218 g/mol. The number of methoxy groups -OCH3 is 1. The highest BCUT2D eigenvalue weighted by atomic mass is 32.1. The van der Waals surface area contributed by atoms with Crippen LogP contribution in [-0.2, 0) is 4.74 Å². The minimum Gasteiger partial charge on any atom is -0.384 e. The minimum atomic E-state index is 0.368. The Kier molecular flexibility index (Phi) is 3.70. The van der Waals surface area contributed by atoms with Crippen molar-refractivity contribution < 1.29 is 4.74 Å². The molecule has 1 atom stereocenters. The summed E-state index contributed by atoms with van der Waals surface area (Å²) >= 11 is 1.70. The summed E-state index contributed by atoms with van der Waals surface area (Å²) in [7, 11) is 1.72. The van der Waals surface area contributed by atoms with Gasteiger partial charge in [-0.05, 0) is 0 Å². The monoisotopic (exact) mass is 233 g/mol. The predicted molar refractivity (Wildman–Crippen MR) is 67.8 cm³/mol. The Bertz CT molecular complexity index is 438. The Hall–Kier alpha value is -1.19. The molecule has 0 radical (unpaired) electrons. The van der Waals surface area contributed by atoms with Crippen molar-refractivity contribution in [3.05, 3.63) is 40.7 Å². The first-order valence-electron chi connectivity index (χ1n) is 5.31. The van der Waals surface area contributed by atoms with Gasteiger partial charge in [-0.25, -0.2) is 4.98 Å². The second-order valence-electron chi connectivity index (χ2n) is 3.79. The van der Waals surface area contributed by atoms with Crippen LogP contribution in [0.25, 0.3) is 11.3 Å². The Morgan fingerprint density at radius 1 is 1.31 bits per heavy atom. The molecule has 0 saturated carbocycles. The smallest absolute Gasteiger partial charge is 0.0983 e. The van der Waals surface area contributed by atoms with Gasteiger partial charge in [-0.1, -0.05) is 37.3 Å². The first-order chi connectivity index (χ1) is 7.81. The van der Waals surface area contributed by atoms with Crippen molar-refractivity contribution in [3.8, 4) is 11.3 Å². The Morgan fingerprint density at radius 2 is 2.06 bits per heavy atom. The van der Waals surface area contributed by atoms with Crippen LogP contribution >= 0.6 is 11.3 Å². The zero-order valence-electron chi connectivity index (χ0n) is 9.51. The lowest BCUT2D eigenvalue weighted by Gasteiger charge is -2.05. The summed E-state index contributed by atoms with van der Waals surface area (Å²) in [6.07, 6.45) is 0. The molecule has 1 heterocycles. The molecule has 2 rings (SSSR count). The Balaban J connectivity index is 2.20. The SMILES string of the molecule is COC[C@@H](C)c1nc(-c2ccccc2)cs1. The van der Waals surface area contributed by atoms with Crippen LogP contribution in [0.4, 0.5) is 0 Å². The van der Waals surface area contributed by atoms with Crippen molar-refractivity contribution in [1.29, 1.82) is 0 Å². The number of benzene rings is 1. The third-order valence-corrected chi connectivity index (χ3v) is 3.51. The fourth-order valence-electron chi connectivity index (χ4n) is 1.58. The number of ether oxygens (including phenoxy) is 1. The average molecular weight is 233 g/mol. The molecule has 0 aliphatic rings. The first kappa shape index (κ1) is 11.3. The lowest BCUT2D eigenvalue weighted by molar-refractivity contribution is 0.184. The summed E-state index contributed by atoms with van der Waals surface area (Å²) < 4.78 is 5.14. The Labute approximate surface area is 99.9 Å². The van der Waals surface area contributed by atoms with E-state index in [-0.39, 0.29) is 0 Å². The number of thiazole rings is 1. The molecule has 84 valence electrons. The zero-order valence-corrected chi connectivity index (χ0v) is 10.3. The van der Waals surface area contributed by atoms with Gasteiger partial charge in [-0.3, -0.25) is 0 Å². The van der Waals surface area contributed by atoms with Crippen molar-refractivity contribution in [2.24, 2.45) is 0 Å². The number of hydrogen-bond donors (Lipinski definition) is 0. The quantitative estimate of drug-likeness (QED) is 0.805. The van der Waals surface area contributed by atoms with E-state index in [1.54, 1.807) is 18.4 Å². The third-order valence-electron chi connectivity index (χ3n) is 2.43.